The second kappa shape index (κ2) is 17.1. The number of amides is 3. The SMILES string of the molecule is CC(C)[C@@H]1NC(=O)C[C@H](O)[C@H](Cc2ccccc2)NC(=O)CCCCCCCCCCCCNC1=O. The molecule has 3 atom stereocenters. The molecule has 36 heavy (non-hydrogen) atoms. The van der Waals surface area contributed by atoms with Gasteiger partial charge in [-0.15, -0.1) is 0 Å². The average Bonchev–Trinajstić information content (AvgIpc) is 2.84. The number of carbonyl (C=O) groups excluding carboxylic acids is 3. The number of rotatable bonds is 3. The predicted octanol–water partition coefficient (Wildman–Crippen LogP) is 4.03. The molecule has 0 saturated carbocycles. The molecule has 1 aliphatic rings. The van der Waals surface area contributed by atoms with Gasteiger partial charge in [0.2, 0.25) is 17.7 Å². The number of aliphatic hydroxyl groups excluding tert-OH is 1. The van der Waals surface area contributed by atoms with Crippen LogP contribution < -0.4 is 16.0 Å². The Bertz CT molecular complexity index is 784. The molecule has 1 heterocycles. The first-order valence-electron chi connectivity index (χ1n) is 13.9. The van der Waals surface area contributed by atoms with Gasteiger partial charge >= 0.3 is 0 Å². The maximum absolute atomic E-state index is 12.8. The highest BCUT2D eigenvalue weighted by molar-refractivity contribution is 5.88. The van der Waals surface area contributed by atoms with Crippen LogP contribution in [0.15, 0.2) is 30.3 Å². The monoisotopic (exact) mass is 501 g/mol. The van der Waals surface area contributed by atoms with Crippen LogP contribution in [0.1, 0.15) is 96.5 Å². The van der Waals surface area contributed by atoms with Crippen LogP contribution >= 0.6 is 0 Å². The Kier molecular flexibility index (Phi) is 14.2. The summed E-state index contributed by atoms with van der Waals surface area (Å²) in [4.78, 5) is 38.2. The molecule has 1 aromatic carbocycles. The van der Waals surface area contributed by atoms with Crippen LogP contribution in [0.3, 0.4) is 0 Å². The standard InChI is InChI=1S/C29H47N3O4/c1-22(2)28-29(36)30-19-15-10-8-6-4-3-5-7-9-14-18-26(34)31-24(25(33)21-27(35)32-28)20-23-16-12-11-13-17-23/h11-13,16-17,22,24-25,28,33H,3-10,14-15,18-21H2,1-2H3,(H,30,36)(H,31,34)(H,32,35)/t24-,25-,28-/m0/s1. The lowest BCUT2D eigenvalue weighted by atomic mass is 9.97. The topological polar surface area (TPSA) is 108 Å². The summed E-state index contributed by atoms with van der Waals surface area (Å²) in [5.74, 6) is -0.775. The van der Waals surface area contributed by atoms with Gasteiger partial charge in [-0.25, -0.2) is 0 Å². The summed E-state index contributed by atoms with van der Waals surface area (Å²) in [5.41, 5.74) is 0.975. The summed E-state index contributed by atoms with van der Waals surface area (Å²) in [5, 5.41) is 19.7. The van der Waals surface area contributed by atoms with Gasteiger partial charge in [0.05, 0.1) is 18.6 Å². The quantitative estimate of drug-likeness (QED) is 0.502. The van der Waals surface area contributed by atoms with Crippen LogP contribution in [0.5, 0.6) is 0 Å². The highest BCUT2D eigenvalue weighted by atomic mass is 16.3. The zero-order chi connectivity index (χ0) is 26.2. The van der Waals surface area contributed by atoms with E-state index in [2.05, 4.69) is 16.0 Å². The Morgan fingerprint density at radius 3 is 2.00 bits per heavy atom. The molecule has 0 aromatic heterocycles. The van der Waals surface area contributed by atoms with Gasteiger partial charge in [-0.05, 0) is 30.7 Å². The lowest BCUT2D eigenvalue weighted by molar-refractivity contribution is -0.131. The summed E-state index contributed by atoms with van der Waals surface area (Å²) in [6.45, 7) is 4.39. The maximum atomic E-state index is 12.8. The highest BCUT2D eigenvalue weighted by Crippen LogP contribution is 2.14. The number of hydrogen-bond acceptors (Lipinski definition) is 4. The van der Waals surface area contributed by atoms with Gasteiger partial charge in [-0.1, -0.05) is 95.5 Å². The molecule has 1 saturated heterocycles. The normalized spacial score (nSPS) is 25.1. The van der Waals surface area contributed by atoms with Crippen LogP contribution in [0.25, 0.3) is 0 Å². The van der Waals surface area contributed by atoms with Gasteiger partial charge in [-0.2, -0.15) is 0 Å². The lowest BCUT2D eigenvalue weighted by Gasteiger charge is -2.26. The molecule has 0 unspecified atom stereocenters. The van der Waals surface area contributed by atoms with Gasteiger partial charge < -0.3 is 21.1 Å². The summed E-state index contributed by atoms with van der Waals surface area (Å²) in [7, 11) is 0. The summed E-state index contributed by atoms with van der Waals surface area (Å²) >= 11 is 0. The molecule has 2 rings (SSSR count). The maximum Gasteiger partial charge on any atom is 0.242 e. The van der Waals surface area contributed by atoms with Crippen molar-refractivity contribution in [1.82, 2.24) is 16.0 Å². The first-order valence-corrected chi connectivity index (χ1v) is 13.9. The molecule has 7 heteroatoms. The van der Waals surface area contributed by atoms with Crippen LogP contribution in [-0.4, -0.2) is 47.6 Å². The number of nitrogens with one attached hydrogen (secondary N) is 3. The predicted molar refractivity (Wildman–Crippen MR) is 143 cm³/mol. The fraction of sp³-hybridized carbons (Fsp3) is 0.690. The van der Waals surface area contributed by atoms with E-state index in [0.717, 1.165) is 37.7 Å². The minimum Gasteiger partial charge on any atom is -0.390 e. The number of benzene rings is 1. The molecule has 3 amide bonds. The van der Waals surface area contributed by atoms with Crippen molar-refractivity contribution >= 4 is 17.7 Å². The van der Waals surface area contributed by atoms with Crippen LogP contribution in [0, 0.1) is 5.92 Å². The third kappa shape index (κ3) is 12.0. The zero-order valence-electron chi connectivity index (χ0n) is 22.3. The van der Waals surface area contributed by atoms with E-state index < -0.39 is 24.1 Å². The van der Waals surface area contributed by atoms with Gasteiger partial charge in [0.1, 0.15) is 6.04 Å². The van der Waals surface area contributed by atoms with Crippen LogP contribution in [-0.2, 0) is 20.8 Å². The van der Waals surface area contributed by atoms with Crippen molar-refractivity contribution in [1.29, 1.82) is 0 Å². The van der Waals surface area contributed by atoms with Crippen LogP contribution in [0.2, 0.25) is 0 Å². The van der Waals surface area contributed by atoms with Gasteiger partial charge in [0.15, 0.2) is 0 Å². The molecule has 1 aromatic rings. The molecule has 0 bridgehead atoms. The second-order valence-electron chi connectivity index (χ2n) is 10.5. The van der Waals surface area contributed by atoms with E-state index in [1.807, 2.05) is 44.2 Å². The Morgan fingerprint density at radius 1 is 0.806 bits per heavy atom. The largest absolute Gasteiger partial charge is 0.390 e. The van der Waals surface area contributed by atoms with Crippen molar-refractivity contribution in [2.45, 2.75) is 116 Å². The molecule has 7 nitrogen and oxygen atoms in total. The van der Waals surface area contributed by atoms with Gasteiger partial charge in [0.25, 0.3) is 0 Å². The van der Waals surface area contributed by atoms with Gasteiger partial charge in [0, 0.05) is 13.0 Å². The number of aliphatic hydroxyl groups is 1. The van der Waals surface area contributed by atoms with Crippen molar-refractivity contribution in [3.63, 3.8) is 0 Å². The third-order valence-electron chi connectivity index (χ3n) is 6.90. The number of hydrogen-bond donors (Lipinski definition) is 4. The second-order valence-corrected chi connectivity index (χ2v) is 10.5. The molecule has 0 spiro atoms. The van der Waals surface area contributed by atoms with E-state index in [1.54, 1.807) is 0 Å². The molecule has 1 fully saturated rings. The molecular weight excluding hydrogens is 454 g/mol. The fourth-order valence-electron chi connectivity index (χ4n) is 4.68. The van der Waals surface area contributed by atoms with E-state index >= 15 is 0 Å². The van der Waals surface area contributed by atoms with Crippen molar-refractivity contribution in [2.24, 2.45) is 5.92 Å². The first-order chi connectivity index (χ1) is 17.4. The van der Waals surface area contributed by atoms with E-state index in [0.29, 0.717) is 19.4 Å². The Labute approximate surface area is 217 Å². The Hall–Kier alpha value is -2.41. The zero-order valence-corrected chi connectivity index (χ0v) is 22.3. The molecule has 4 N–H and O–H groups in total. The van der Waals surface area contributed by atoms with E-state index in [4.69, 9.17) is 0 Å². The first kappa shape index (κ1) is 29.8. The van der Waals surface area contributed by atoms with Crippen molar-refractivity contribution in [3.8, 4) is 0 Å². The molecule has 202 valence electrons. The van der Waals surface area contributed by atoms with E-state index in [-0.39, 0.29) is 24.2 Å². The Balaban J connectivity index is 2.06. The summed E-state index contributed by atoms with van der Waals surface area (Å²) in [6.07, 6.45) is 10.6. The molecular formula is C29H47N3O4. The van der Waals surface area contributed by atoms with E-state index in [9.17, 15) is 19.5 Å². The lowest BCUT2D eigenvalue weighted by Crippen LogP contribution is -2.52. The number of carbonyl (C=O) groups is 3. The molecule has 1 aliphatic heterocycles. The Morgan fingerprint density at radius 2 is 1.39 bits per heavy atom. The van der Waals surface area contributed by atoms with E-state index in [1.165, 1.54) is 32.1 Å². The minimum absolute atomic E-state index is 0.0866. The smallest absolute Gasteiger partial charge is 0.242 e. The highest BCUT2D eigenvalue weighted by Gasteiger charge is 2.28. The summed E-state index contributed by atoms with van der Waals surface area (Å²) in [6, 6.07) is 8.39. The van der Waals surface area contributed by atoms with Crippen molar-refractivity contribution in [2.75, 3.05) is 6.54 Å². The van der Waals surface area contributed by atoms with Crippen molar-refractivity contribution in [3.05, 3.63) is 35.9 Å². The third-order valence-corrected chi connectivity index (χ3v) is 6.90. The molecule has 0 radical (unpaired) electrons. The average molecular weight is 502 g/mol. The molecule has 0 aliphatic carbocycles. The minimum atomic E-state index is -1.07. The van der Waals surface area contributed by atoms with Crippen molar-refractivity contribution < 1.29 is 19.5 Å². The summed E-state index contributed by atoms with van der Waals surface area (Å²) < 4.78 is 0. The van der Waals surface area contributed by atoms with Gasteiger partial charge in [-0.3, -0.25) is 14.4 Å². The van der Waals surface area contributed by atoms with Crippen LogP contribution in [0.4, 0.5) is 0 Å². The fourth-order valence-corrected chi connectivity index (χ4v) is 4.68.